The fourth-order valence-corrected chi connectivity index (χ4v) is 0.718. The topological polar surface area (TPSA) is 70.3 Å². The predicted octanol–water partition coefficient (Wildman–Crippen LogP) is 0.462. The van der Waals surface area contributed by atoms with Gasteiger partial charge in [0.25, 0.3) is 0 Å². The number of rotatable bonds is 4. The molecule has 0 amide bonds. The summed E-state index contributed by atoms with van der Waals surface area (Å²) in [5.74, 6) is -0.568. The second-order valence-corrected chi connectivity index (χ2v) is 2.64. The first kappa shape index (κ1) is 10.9. The van der Waals surface area contributed by atoms with Crippen LogP contribution < -0.4 is 0 Å². The smallest absolute Gasteiger partial charge is 0.326 e. The van der Waals surface area contributed by atoms with E-state index in [9.17, 15) is 4.79 Å². The number of ether oxygens (including phenoxy) is 1. The van der Waals surface area contributed by atoms with Gasteiger partial charge in [0.05, 0.1) is 12.7 Å². The highest BCUT2D eigenvalue weighted by Crippen LogP contribution is 2.21. The number of aliphatic hydroxyl groups excluding tert-OH is 1. The molecule has 1 unspecified atom stereocenters. The molecule has 1 atom stereocenters. The first-order valence-corrected chi connectivity index (χ1v) is 3.80. The Labute approximate surface area is 71.8 Å². The van der Waals surface area contributed by atoms with Crippen molar-refractivity contribution < 1.29 is 14.6 Å². The fourth-order valence-electron chi connectivity index (χ4n) is 0.718. The minimum absolute atomic E-state index is 0.113. The van der Waals surface area contributed by atoms with Gasteiger partial charge in [-0.2, -0.15) is 5.26 Å². The summed E-state index contributed by atoms with van der Waals surface area (Å²) in [6, 6.07) is 1.83. The number of carbonyl (C=O) groups is 1. The SMILES string of the molecule is CCOC(=O)C(C)(C#N)CCO. The van der Waals surface area contributed by atoms with Gasteiger partial charge in [-0.1, -0.05) is 0 Å². The fraction of sp³-hybridized carbons (Fsp3) is 0.750. The van der Waals surface area contributed by atoms with E-state index in [0.717, 1.165) is 0 Å². The molecule has 0 saturated heterocycles. The molecule has 0 bridgehead atoms. The predicted molar refractivity (Wildman–Crippen MR) is 42.1 cm³/mol. The van der Waals surface area contributed by atoms with E-state index in [1.807, 2.05) is 6.07 Å². The van der Waals surface area contributed by atoms with Crippen molar-refractivity contribution in [2.75, 3.05) is 13.2 Å². The average Bonchev–Trinajstić information content (AvgIpc) is 2.05. The van der Waals surface area contributed by atoms with Gasteiger partial charge in [-0.3, -0.25) is 4.79 Å². The minimum Gasteiger partial charge on any atom is -0.465 e. The summed E-state index contributed by atoms with van der Waals surface area (Å²) < 4.78 is 4.68. The zero-order chi connectivity index (χ0) is 9.61. The van der Waals surface area contributed by atoms with E-state index in [4.69, 9.17) is 10.4 Å². The summed E-state index contributed by atoms with van der Waals surface area (Å²) in [4.78, 5) is 11.1. The molecule has 4 heteroatoms. The van der Waals surface area contributed by atoms with Gasteiger partial charge < -0.3 is 9.84 Å². The molecule has 0 spiro atoms. The van der Waals surface area contributed by atoms with Crippen LogP contribution in [0.3, 0.4) is 0 Å². The van der Waals surface area contributed by atoms with Crippen molar-refractivity contribution >= 4 is 5.97 Å². The summed E-state index contributed by atoms with van der Waals surface area (Å²) in [5.41, 5.74) is -1.20. The number of hydrogen-bond donors (Lipinski definition) is 1. The van der Waals surface area contributed by atoms with Gasteiger partial charge in [0.15, 0.2) is 5.41 Å². The van der Waals surface area contributed by atoms with E-state index in [1.54, 1.807) is 6.92 Å². The average molecular weight is 171 g/mol. The lowest BCUT2D eigenvalue weighted by Gasteiger charge is -2.17. The van der Waals surface area contributed by atoms with Crippen molar-refractivity contribution in [2.45, 2.75) is 20.3 Å². The molecular weight excluding hydrogens is 158 g/mol. The Morgan fingerprint density at radius 1 is 1.75 bits per heavy atom. The largest absolute Gasteiger partial charge is 0.465 e. The van der Waals surface area contributed by atoms with E-state index in [0.29, 0.717) is 0 Å². The molecule has 0 aromatic rings. The van der Waals surface area contributed by atoms with Crippen molar-refractivity contribution in [1.29, 1.82) is 5.26 Å². The molecule has 0 aromatic heterocycles. The highest BCUT2D eigenvalue weighted by molar-refractivity contribution is 5.79. The monoisotopic (exact) mass is 171 g/mol. The van der Waals surface area contributed by atoms with Crippen LogP contribution in [0.25, 0.3) is 0 Å². The highest BCUT2D eigenvalue weighted by Gasteiger charge is 2.34. The molecule has 0 aliphatic heterocycles. The molecule has 0 aliphatic carbocycles. The molecule has 0 rings (SSSR count). The van der Waals surface area contributed by atoms with Gasteiger partial charge in [0.1, 0.15) is 0 Å². The van der Waals surface area contributed by atoms with E-state index in [1.165, 1.54) is 6.92 Å². The van der Waals surface area contributed by atoms with E-state index in [-0.39, 0.29) is 19.6 Å². The molecule has 0 heterocycles. The zero-order valence-electron chi connectivity index (χ0n) is 7.33. The van der Waals surface area contributed by atoms with Crippen LogP contribution in [0, 0.1) is 16.7 Å². The number of esters is 1. The van der Waals surface area contributed by atoms with Crippen molar-refractivity contribution in [3.8, 4) is 6.07 Å². The lowest BCUT2D eigenvalue weighted by atomic mass is 9.89. The summed E-state index contributed by atoms with van der Waals surface area (Å²) in [6.45, 7) is 3.19. The Bertz CT molecular complexity index is 197. The van der Waals surface area contributed by atoms with Crippen LogP contribution >= 0.6 is 0 Å². The normalized spacial score (nSPS) is 14.5. The number of hydrogen-bond acceptors (Lipinski definition) is 4. The highest BCUT2D eigenvalue weighted by atomic mass is 16.5. The molecular formula is C8H13NO3. The van der Waals surface area contributed by atoms with Crippen molar-refractivity contribution in [2.24, 2.45) is 5.41 Å². The summed E-state index contributed by atoms with van der Waals surface area (Å²) >= 11 is 0. The first-order chi connectivity index (χ1) is 5.60. The third-order valence-corrected chi connectivity index (χ3v) is 1.58. The molecule has 1 N–H and O–H groups in total. The second kappa shape index (κ2) is 4.73. The first-order valence-electron chi connectivity index (χ1n) is 3.80. The Morgan fingerprint density at radius 2 is 2.33 bits per heavy atom. The lowest BCUT2D eigenvalue weighted by molar-refractivity contribution is -0.151. The van der Waals surface area contributed by atoms with Crippen LogP contribution in [-0.2, 0) is 9.53 Å². The van der Waals surface area contributed by atoms with Gasteiger partial charge in [-0.05, 0) is 20.3 Å². The maximum atomic E-state index is 11.1. The van der Waals surface area contributed by atoms with Gasteiger partial charge in [0, 0.05) is 6.61 Å². The van der Waals surface area contributed by atoms with E-state index >= 15 is 0 Å². The minimum atomic E-state index is -1.20. The number of nitrogens with zero attached hydrogens (tertiary/aromatic N) is 1. The van der Waals surface area contributed by atoms with Crippen molar-refractivity contribution in [3.05, 3.63) is 0 Å². The van der Waals surface area contributed by atoms with Crippen LogP contribution in [0.4, 0.5) is 0 Å². The molecule has 0 saturated carbocycles. The third kappa shape index (κ3) is 2.51. The quantitative estimate of drug-likeness (QED) is 0.624. The van der Waals surface area contributed by atoms with Gasteiger partial charge in [0.2, 0.25) is 0 Å². The maximum absolute atomic E-state index is 11.1. The molecule has 0 aromatic carbocycles. The van der Waals surface area contributed by atoms with Crippen LogP contribution in [0.1, 0.15) is 20.3 Å². The Kier molecular flexibility index (Phi) is 4.30. The summed E-state index contributed by atoms with van der Waals surface area (Å²) in [7, 11) is 0. The second-order valence-electron chi connectivity index (χ2n) is 2.64. The van der Waals surface area contributed by atoms with Crippen molar-refractivity contribution in [3.63, 3.8) is 0 Å². The van der Waals surface area contributed by atoms with E-state index < -0.39 is 11.4 Å². The molecule has 0 radical (unpaired) electrons. The molecule has 12 heavy (non-hydrogen) atoms. The molecule has 68 valence electrons. The van der Waals surface area contributed by atoms with Crippen LogP contribution in [-0.4, -0.2) is 24.3 Å². The van der Waals surface area contributed by atoms with E-state index in [2.05, 4.69) is 4.74 Å². The Morgan fingerprint density at radius 3 is 2.67 bits per heavy atom. The van der Waals surface area contributed by atoms with Gasteiger partial charge >= 0.3 is 5.97 Å². The lowest BCUT2D eigenvalue weighted by Crippen LogP contribution is -2.29. The van der Waals surface area contributed by atoms with Crippen LogP contribution in [0.2, 0.25) is 0 Å². The van der Waals surface area contributed by atoms with Gasteiger partial charge in [-0.15, -0.1) is 0 Å². The number of carbonyl (C=O) groups excluding carboxylic acids is 1. The number of aliphatic hydroxyl groups is 1. The Hall–Kier alpha value is -1.08. The summed E-state index contributed by atoms with van der Waals surface area (Å²) in [6.07, 6.45) is 0.113. The van der Waals surface area contributed by atoms with Crippen molar-refractivity contribution in [1.82, 2.24) is 0 Å². The Balaban J connectivity index is 4.32. The standard InChI is InChI=1S/C8H13NO3/c1-3-12-7(11)8(2,6-9)4-5-10/h10H,3-5H2,1-2H3. The van der Waals surface area contributed by atoms with Crippen LogP contribution in [0.15, 0.2) is 0 Å². The zero-order valence-corrected chi connectivity index (χ0v) is 7.33. The molecule has 0 aliphatic rings. The summed E-state index contributed by atoms with van der Waals surface area (Å²) in [5, 5.41) is 17.2. The maximum Gasteiger partial charge on any atom is 0.326 e. The van der Waals surface area contributed by atoms with Gasteiger partial charge in [-0.25, -0.2) is 0 Å². The van der Waals surface area contributed by atoms with Crippen LogP contribution in [0.5, 0.6) is 0 Å². The molecule has 4 nitrogen and oxygen atoms in total. The number of nitriles is 1. The third-order valence-electron chi connectivity index (χ3n) is 1.58. The molecule has 0 fully saturated rings.